The molecule has 0 saturated heterocycles. The van der Waals surface area contributed by atoms with E-state index in [9.17, 15) is 0 Å². The molecule has 1 spiro atoms. The van der Waals surface area contributed by atoms with Gasteiger partial charge in [0.25, 0.3) is 0 Å². The van der Waals surface area contributed by atoms with E-state index in [0.717, 1.165) is 31.0 Å². The second kappa shape index (κ2) is 5.32. The maximum absolute atomic E-state index is 5.96. The largest absolute Gasteiger partial charge is 0.378 e. The molecule has 118 valence electrons. The van der Waals surface area contributed by atoms with E-state index in [1.165, 1.54) is 19.3 Å². The van der Waals surface area contributed by atoms with Crippen LogP contribution in [-0.2, 0) is 11.3 Å². The van der Waals surface area contributed by atoms with Gasteiger partial charge in [0.2, 0.25) is 5.78 Å². The molecule has 2 aliphatic rings. The first-order chi connectivity index (χ1) is 10.7. The van der Waals surface area contributed by atoms with Gasteiger partial charge in [0.15, 0.2) is 0 Å². The molecule has 5 heteroatoms. The van der Waals surface area contributed by atoms with E-state index in [2.05, 4.69) is 35.0 Å². The maximum Gasteiger partial charge on any atom is 0.233 e. The lowest BCUT2D eigenvalue weighted by atomic mass is 9.50. The topological polar surface area (TPSA) is 42.7 Å². The smallest absolute Gasteiger partial charge is 0.233 e. The Hall–Kier alpha value is -1.46. The van der Waals surface area contributed by atoms with Crippen molar-refractivity contribution in [1.29, 1.82) is 0 Å². The normalized spacial score (nSPS) is 26.3. The molecule has 22 heavy (non-hydrogen) atoms. The van der Waals surface area contributed by atoms with Gasteiger partial charge in [-0.15, -0.1) is 0 Å². The highest BCUT2D eigenvalue weighted by molar-refractivity contribution is 5.29. The highest BCUT2D eigenvalue weighted by Crippen LogP contribution is 2.59. The monoisotopic (exact) mass is 300 g/mol. The Morgan fingerprint density at radius 2 is 2.32 bits per heavy atom. The van der Waals surface area contributed by atoms with Crippen molar-refractivity contribution < 1.29 is 4.74 Å². The average Bonchev–Trinajstić information content (AvgIpc) is 2.83. The zero-order valence-corrected chi connectivity index (χ0v) is 13.4. The molecule has 0 unspecified atom stereocenters. The molecule has 0 bridgehead atoms. The van der Waals surface area contributed by atoms with Gasteiger partial charge in [0.05, 0.1) is 11.8 Å². The fourth-order valence-corrected chi connectivity index (χ4v) is 4.34. The van der Waals surface area contributed by atoms with E-state index >= 15 is 0 Å². The quantitative estimate of drug-likeness (QED) is 0.851. The summed E-state index contributed by atoms with van der Waals surface area (Å²) < 4.78 is 7.95. The van der Waals surface area contributed by atoms with Crippen molar-refractivity contribution >= 4 is 5.78 Å². The Bertz CT molecular complexity index is 630. The van der Waals surface area contributed by atoms with Crippen molar-refractivity contribution in [2.24, 2.45) is 5.41 Å². The molecule has 2 heterocycles. The van der Waals surface area contributed by atoms with Gasteiger partial charge in [0, 0.05) is 43.2 Å². The van der Waals surface area contributed by atoms with Crippen molar-refractivity contribution in [3.05, 3.63) is 30.4 Å². The summed E-state index contributed by atoms with van der Waals surface area (Å²) in [5, 5.41) is 0. The summed E-state index contributed by atoms with van der Waals surface area (Å²) >= 11 is 0. The highest BCUT2D eigenvalue weighted by Gasteiger charge is 2.59. The van der Waals surface area contributed by atoms with E-state index in [1.54, 1.807) is 6.20 Å². The first kappa shape index (κ1) is 14.2. The van der Waals surface area contributed by atoms with Gasteiger partial charge in [0.1, 0.15) is 0 Å². The second-order valence-electron chi connectivity index (χ2n) is 6.76. The molecule has 0 amide bonds. The second-order valence-corrected chi connectivity index (χ2v) is 6.76. The van der Waals surface area contributed by atoms with Crippen LogP contribution in [0.4, 0.5) is 0 Å². The number of hydrogen-bond donors (Lipinski definition) is 0. The van der Waals surface area contributed by atoms with E-state index in [4.69, 9.17) is 4.74 Å². The zero-order valence-electron chi connectivity index (χ0n) is 13.4. The minimum atomic E-state index is 0.419. The fraction of sp³-hybridized carbons (Fsp3) is 0.647. The molecule has 2 aromatic rings. The first-order valence-electron chi connectivity index (χ1n) is 8.33. The van der Waals surface area contributed by atoms with Gasteiger partial charge in [-0.3, -0.25) is 9.30 Å². The van der Waals surface area contributed by atoms with Crippen LogP contribution in [0.25, 0.3) is 5.78 Å². The molecule has 0 radical (unpaired) electrons. The standard InChI is InChI=1S/C17H24N4O/c1-3-22-15-10-14(17(15)6-4-7-17)20(2)11-13-12-21-9-5-8-18-16(21)19-13/h5,8-9,12,14-15H,3-4,6-7,10-11H2,1-2H3/t14-,15+/m1/s1. The molecule has 2 aliphatic carbocycles. The minimum absolute atomic E-state index is 0.419. The summed E-state index contributed by atoms with van der Waals surface area (Å²) in [6.45, 7) is 3.82. The summed E-state index contributed by atoms with van der Waals surface area (Å²) in [6, 6.07) is 2.57. The molecular weight excluding hydrogens is 276 g/mol. The number of imidazole rings is 1. The van der Waals surface area contributed by atoms with E-state index in [1.807, 2.05) is 16.7 Å². The fourth-order valence-electron chi connectivity index (χ4n) is 4.34. The minimum Gasteiger partial charge on any atom is -0.378 e. The van der Waals surface area contributed by atoms with Crippen molar-refractivity contribution in [1.82, 2.24) is 19.3 Å². The summed E-state index contributed by atoms with van der Waals surface area (Å²) in [6.07, 6.45) is 11.5. The van der Waals surface area contributed by atoms with Crippen LogP contribution in [0, 0.1) is 5.41 Å². The Morgan fingerprint density at radius 3 is 3.00 bits per heavy atom. The lowest BCUT2D eigenvalue weighted by molar-refractivity contribution is -0.201. The number of nitrogens with zero attached hydrogens (tertiary/aromatic N) is 4. The van der Waals surface area contributed by atoms with Crippen LogP contribution in [0.1, 0.15) is 38.3 Å². The molecule has 2 aromatic heterocycles. The van der Waals surface area contributed by atoms with Crippen molar-refractivity contribution in [3.63, 3.8) is 0 Å². The molecule has 0 aliphatic heterocycles. The molecule has 5 nitrogen and oxygen atoms in total. The molecule has 2 fully saturated rings. The number of ether oxygens (including phenoxy) is 1. The lowest BCUT2D eigenvalue weighted by Gasteiger charge is -2.63. The van der Waals surface area contributed by atoms with Gasteiger partial charge in [-0.05, 0) is 39.3 Å². The molecule has 4 rings (SSSR count). The van der Waals surface area contributed by atoms with Gasteiger partial charge in [-0.2, -0.15) is 0 Å². The lowest BCUT2D eigenvalue weighted by Crippen LogP contribution is -2.66. The van der Waals surface area contributed by atoms with Crippen LogP contribution in [0.15, 0.2) is 24.7 Å². The van der Waals surface area contributed by atoms with Crippen LogP contribution < -0.4 is 0 Å². The molecular formula is C17H24N4O. The van der Waals surface area contributed by atoms with Crippen LogP contribution in [0.5, 0.6) is 0 Å². The maximum atomic E-state index is 5.96. The average molecular weight is 300 g/mol. The number of hydrogen-bond acceptors (Lipinski definition) is 4. The predicted molar refractivity (Wildman–Crippen MR) is 84.6 cm³/mol. The number of aromatic nitrogens is 3. The third-order valence-electron chi connectivity index (χ3n) is 5.62. The van der Waals surface area contributed by atoms with E-state index in [-0.39, 0.29) is 0 Å². The molecule has 2 saturated carbocycles. The first-order valence-corrected chi connectivity index (χ1v) is 8.33. The van der Waals surface area contributed by atoms with Gasteiger partial charge in [-0.1, -0.05) is 6.42 Å². The Morgan fingerprint density at radius 1 is 1.45 bits per heavy atom. The Labute approximate surface area is 131 Å². The third kappa shape index (κ3) is 2.07. The van der Waals surface area contributed by atoms with Gasteiger partial charge >= 0.3 is 0 Å². The summed E-state index contributed by atoms with van der Waals surface area (Å²) in [4.78, 5) is 11.4. The highest BCUT2D eigenvalue weighted by atomic mass is 16.5. The summed E-state index contributed by atoms with van der Waals surface area (Å²) in [7, 11) is 2.23. The van der Waals surface area contributed by atoms with Crippen LogP contribution in [0.3, 0.4) is 0 Å². The molecule has 0 N–H and O–H groups in total. The third-order valence-corrected chi connectivity index (χ3v) is 5.62. The predicted octanol–water partition coefficient (Wildman–Crippen LogP) is 2.51. The number of fused-ring (bicyclic) bond motifs is 1. The zero-order chi connectivity index (χ0) is 15.2. The summed E-state index contributed by atoms with van der Waals surface area (Å²) in [5.74, 6) is 0.782. The Balaban J connectivity index is 1.47. The Kier molecular flexibility index (Phi) is 3.42. The molecule has 2 atom stereocenters. The van der Waals surface area contributed by atoms with Crippen LogP contribution in [-0.4, -0.2) is 45.1 Å². The van der Waals surface area contributed by atoms with Gasteiger partial charge < -0.3 is 4.74 Å². The van der Waals surface area contributed by atoms with Crippen LogP contribution in [0.2, 0.25) is 0 Å². The van der Waals surface area contributed by atoms with E-state index < -0.39 is 0 Å². The van der Waals surface area contributed by atoms with Crippen molar-refractivity contribution in [2.75, 3.05) is 13.7 Å². The summed E-state index contributed by atoms with van der Waals surface area (Å²) in [5.41, 5.74) is 1.51. The SMILES string of the molecule is CCO[C@H]1C[C@@H](N(C)Cc2cn3cccnc3n2)C12CCC2. The van der Waals surface area contributed by atoms with Crippen molar-refractivity contribution in [2.45, 2.75) is 51.3 Å². The number of rotatable bonds is 5. The van der Waals surface area contributed by atoms with E-state index in [0.29, 0.717) is 17.6 Å². The van der Waals surface area contributed by atoms with Crippen LogP contribution >= 0.6 is 0 Å². The van der Waals surface area contributed by atoms with Crippen molar-refractivity contribution in [3.8, 4) is 0 Å². The van der Waals surface area contributed by atoms with Gasteiger partial charge in [-0.25, -0.2) is 9.97 Å². The molecule has 0 aromatic carbocycles.